The van der Waals surface area contributed by atoms with Gasteiger partial charge in [-0.15, -0.1) is 16.7 Å². The Balaban J connectivity index is 1.76. The third-order valence-corrected chi connectivity index (χ3v) is 3.26. The molecule has 0 spiro atoms. The molecule has 0 saturated carbocycles. The molecule has 0 fully saturated rings. The molecule has 0 aliphatic carbocycles. The second-order valence-corrected chi connectivity index (χ2v) is 5.49. The van der Waals surface area contributed by atoms with Crippen LogP contribution in [0.15, 0.2) is 35.0 Å². The molecule has 0 N–H and O–H groups in total. The maximum Gasteiger partial charge on any atom is 0.257 e. The fraction of sp³-hybridized carbons (Fsp3) is 0.286. The van der Waals surface area contributed by atoms with E-state index >= 15 is 0 Å². The lowest BCUT2D eigenvalue weighted by Gasteiger charge is -1.95. The first-order valence-corrected chi connectivity index (χ1v) is 6.99. The molecule has 7 heteroatoms. The van der Waals surface area contributed by atoms with E-state index in [1.54, 1.807) is 10.9 Å². The molecule has 0 aliphatic rings. The Morgan fingerprint density at radius 2 is 2.05 bits per heavy atom. The number of hydrogen-bond donors (Lipinski definition) is 0. The molecule has 0 aliphatic heterocycles. The van der Waals surface area contributed by atoms with Crippen molar-refractivity contribution in [1.82, 2.24) is 25.1 Å². The van der Waals surface area contributed by atoms with Crippen LogP contribution in [-0.4, -0.2) is 25.1 Å². The average molecular weight is 304 g/mol. The molecule has 0 amide bonds. The first kappa shape index (κ1) is 13.8. The zero-order chi connectivity index (χ0) is 14.8. The highest BCUT2D eigenvalue weighted by atomic mass is 35.5. The molecule has 0 bridgehead atoms. The maximum absolute atomic E-state index is 5.95. The summed E-state index contributed by atoms with van der Waals surface area (Å²) in [5.41, 5.74) is 2.80. The average Bonchev–Trinajstić information content (AvgIpc) is 3.10. The third-order valence-electron chi connectivity index (χ3n) is 3.03. The van der Waals surface area contributed by atoms with E-state index in [2.05, 4.69) is 20.5 Å². The fourth-order valence-electron chi connectivity index (χ4n) is 1.85. The van der Waals surface area contributed by atoms with Gasteiger partial charge < -0.3 is 4.52 Å². The largest absolute Gasteiger partial charge is 0.334 e. The topological polar surface area (TPSA) is 69.6 Å². The molecule has 108 valence electrons. The summed E-state index contributed by atoms with van der Waals surface area (Å²) in [6.45, 7) is 4.27. The smallest absolute Gasteiger partial charge is 0.257 e. The molecular formula is C14H14ClN5O. The summed E-state index contributed by atoms with van der Waals surface area (Å²) in [7, 11) is 0. The molecule has 3 rings (SSSR count). The Morgan fingerprint density at radius 1 is 1.29 bits per heavy atom. The van der Waals surface area contributed by atoms with Gasteiger partial charge in [0.2, 0.25) is 0 Å². The van der Waals surface area contributed by atoms with Crippen molar-refractivity contribution in [3.63, 3.8) is 0 Å². The predicted octanol–water partition coefficient (Wildman–Crippen LogP) is 2.98. The molecular weight excluding hydrogens is 290 g/mol. The molecule has 0 saturated heterocycles. The van der Waals surface area contributed by atoms with Crippen molar-refractivity contribution in [3.8, 4) is 11.5 Å². The van der Waals surface area contributed by atoms with Gasteiger partial charge in [-0.1, -0.05) is 28.1 Å². The van der Waals surface area contributed by atoms with Crippen LogP contribution in [0.25, 0.3) is 11.5 Å². The van der Waals surface area contributed by atoms with Crippen LogP contribution in [0.1, 0.15) is 29.4 Å². The normalized spacial score (nSPS) is 12.5. The molecule has 1 atom stereocenters. The summed E-state index contributed by atoms with van der Waals surface area (Å²) >= 11 is 5.95. The van der Waals surface area contributed by atoms with Crippen molar-refractivity contribution in [2.75, 3.05) is 0 Å². The van der Waals surface area contributed by atoms with E-state index in [0.717, 1.165) is 11.3 Å². The van der Waals surface area contributed by atoms with Crippen molar-refractivity contribution >= 4 is 11.6 Å². The summed E-state index contributed by atoms with van der Waals surface area (Å²) in [6, 6.07) is 7.92. The van der Waals surface area contributed by atoms with Crippen molar-refractivity contribution in [2.24, 2.45) is 0 Å². The zero-order valence-electron chi connectivity index (χ0n) is 11.7. The number of halogens is 1. The van der Waals surface area contributed by atoms with Gasteiger partial charge in [-0.05, 0) is 26.0 Å². The standard InChI is InChI=1S/C14H14ClN5O/c1-9-3-5-11(6-4-9)14-16-13(18-21-14)8-20-7-12(10(2)15)17-19-20/h3-7,10H,8H2,1-2H3. The van der Waals surface area contributed by atoms with Gasteiger partial charge >= 0.3 is 0 Å². The van der Waals surface area contributed by atoms with Crippen molar-refractivity contribution < 1.29 is 4.52 Å². The monoisotopic (exact) mass is 303 g/mol. The van der Waals surface area contributed by atoms with E-state index in [0.29, 0.717) is 18.3 Å². The number of nitrogens with zero attached hydrogens (tertiary/aromatic N) is 5. The van der Waals surface area contributed by atoms with Crippen LogP contribution in [0.4, 0.5) is 0 Å². The first-order chi connectivity index (χ1) is 10.1. The minimum absolute atomic E-state index is 0.174. The van der Waals surface area contributed by atoms with Gasteiger partial charge in [-0.25, -0.2) is 4.68 Å². The van der Waals surface area contributed by atoms with E-state index < -0.39 is 0 Å². The number of benzene rings is 1. The van der Waals surface area contributed by atoms with E-state index in [9.17, 15) is 0 Å². The second-order valence-electron chi connectivity index (χ2n) is 4.84. The number of aryl methyl sites for hydroxylation is 1. The molecule has 0 radical (unpaired) electrons. The lowest BCUT2D eigenvalue weighted by atomic mass is 10.1. The molecule has 6 nitrogen and oxygen atoms in total. The summed E-state index contributed by atoms with van der Waals surface area (Å²) in [5, 5.41) is 11.8. The van der Waals surface area contributed by atoms with Crippen LogP contribution in [-0.2, 0) is 6.54 Å². The SMILES string of the molecule is Cc1ccc(-c2nc(Cn3cc(C(C)Cl)nn3)no2)cc1. The van der Waals surface area contributed by atoms with Gasteiger partial charge in [0, 0.05) is 5.56 Å². The van der Waals surface area contributed by atoms with E-state index in [4.69, 9.17) is 16.1 Å². The number of aromatic nitrogens is 5. The summed E-state index contributed by atoms with van der Waals surface area (Å²) in [5.74, 6) is 1.04. The van der Waals surface area contributed by atoms with E-state index in [1.165, 1.54) is 5.56 Å². The second kappa shape index (κ2) is 5.65. The molecule has 2 heterocycles. The van der Waals surface area contributed by atoms with Crippen LogP contribution in [0.3, 0.4) is 0 Å². The number of hydrogen-bond acceptors (Lipinski definition) is 5. The highest BCUT2D eigenvalue weighted by Gasteiger charge is 2.11. The van der Waals surface area contributed by atoms with Gasteiger partial charge in [-0.3, -0.25) is 0 Å². The van der Waals surface area contributed by atoms with Crippen molar-refractivity contribution in [2.45, 2.75) is 25.8 Å². The maximum atomic E-state index is 5.95. The van der Waals surface area contributed by atoms with Crippen LogP contribution in [0.5, 0.6) is 0 Å². The molecule has 1 unspecified atom stereocenters. The Kier molecular flexibility index (Phi) is 3.70. The van der Waals surface area contributed by atoms with Crippen LogP contribution >= 0.6 is 11.6 Å². The first-order valence-electron chi connectivity index (χ1n) is 6.55. The Morgan fingerprint density at radius 3 is 2.71 bits per heavy atom. The number of alkyl halides is 1. The van der Waals surface area contributed by atoms with Gasteiger partial charge in [0.25, 0.3) is 5.89 Å². The Bertz CT molecular complexity index is 732. The summed E-state index contributed by atoms with van der Waals surface area (Å²) < 4.78 is 6.91. The minimum Gasteiger partial charge on any atom is -0.334 e. The van der Waals surface area contributed by atoms with Crippen LogP contribution in [0, 0.1) is 6.92 Å². The molecule has 1 aromatic carbocycles. The van der Waals surface area contributed by atoms with Gasteiger partial charge in [0.05, 0.1) is 11.6 Å². The van der Waals surface area contributed by atoms with Crippen molar-refractivity contribution in [1.29, 1.82) is 0 Å². The molecule has 2 aromatic heterocycles. The van der Waals surface area contributed by atoms with Crippen LogP contribution < -0.4 is 0 Å². The lowest BCUT2D eigenvalue weighted by Crippen LogP contribution is -2.02. The van der Waals surface area contributed by atoms with E-state index in [-0.39, 0.29) is 5.38 Å². The number of rotatable bonds is 4. The molecule has 21 heavy (non-hydrogen) atoms. The predicted molar refractivity (Wildman–Crippen MR) is 77.9 cm³/mol. The third kappa shape index (κ3) is 3.11. The quantitative estimate of drug-likeness (QED) is 0.693. The van der Waals surface area contributed by atoms with Gasteiger partial charge in [0.1, 0.15) is 12.2 Å². The summed E-state index contributed by atoms with van der Waals surface area (Å²) in [4.78, 5) is 4.36. The fourth-order valence-corrected chi connectivity index (χ4v) is 1.95. The zero-order valence-corrected chi connectivity index (χ0v) is 12.4. The summed E-state index contributed by atoms with van der Waals surface area (Å²) in [6.07, 6.45) is 1.78. The van der Waals surface area contributed by atoms with Gasteiger partial charge in [-0.2, -0.15) is 4.98 Å². The van der Waals surface area contributed by atoms with Crippen molar-refractivity contribution in [3.05, 3.63) is 47.5 Å². The van der Waals surface area contributed by atoms with Gasteiger partial charge in [0.15, 0.2) is 5.82 Å². The van der Waals surface area contributed by atoms with Crippen LogP contribution in [0.2, 0.25) is 0 Å². The molecule has 3 aromatic rings. The van der Waals surface area contributed by atoms with E-state index in [1.807, 2.05) is 38.1 Å². The Hall–Kier alpha value is -2.21. The Labute approximate surface area is 126 Å². The lowest BCUT2D eigenvalue weighted by molar-refractivity contribution is 0.418. The highest BCUT2D eigenvalue weighted by molar-refractivity contribution is 6.20. The minimum atomic E-state index is -0.174. The highest BCUT2D eigenvalue weighted by Crippen LogP contribution is 2.18.